The smallest absolute Gasteiger partial charge is 0.219 e. The molecule has 0 radical (unpaired) electrons. The topological polar surface area (TPSA) is 831 Å². The van der Waals surface area contributed by atoms with Gasteiger partial charge in [0.1, 0.15) is 226 Å². The number of ether oxygens (including phenoxy) is 17. The number of carbonyl (C=O) groups is 6. The molecule has 0 aliphatic carbocycles. The first-order valence-corrected chi connectivity index (χ1v) is 37.8. The lowest BCUT2D eigenvalue weighted by molar-refractivity contribution is -0.398. The van der Waals surface area contributed by atoms with Crippen LogP contribution in [-0.2, 0) is 109 Å². The van der Waals surface area contributed by atoms with Gasteiger partial charge in [-0.1, -0.05) is 0 Å². The average Bonchev–Trinajstić information content (AvgIpc) is 0.765. The van der Waals surface area contributed by atoms with Crippen molar-refractivity contribution in [2.45, 2.75) is 316 Å². The second-order valence-electron chi connectivity index (χ2n) is 29.8. The molecule has 0 bridgehead atoms. The van der Waals surface area contributed by atoms with Gasteiger partial charge in [0.15, 0.2) is 50.3 Å². The number of nitrogens with two attached hydrogens (primary N) is 1. The molecule has 9 heterocycles. The van der Waals surface area contributed by atoms with Crippen molar-refractivity contribution in [1.82, 2.24) is 26.6 Å². The Bertz CT molecular complexity index is 3230. The molecule has 28 unspecified atom stereocenters. The van der Waals surface area contributed by atoms with Gasteiger partial charge in [-0.15, -0.1) is 0 Å². The van der Waals surface area contributed by atoms with E-state index in [4.69, 9.17) is 86.3 Å². The van der Waals surface area contributed by atoms with Crippen LogP contribution < -0.4 is 32.3 Å². The van der Waals surface area contributed by atoms with Crippen molar-refractivity contribution >= 4 is 35.8 Å². The highest BCUT2D eigenvalue weighted by molar-refractivity contribution is 5.79. The normalized spacial score (nSPS) is 46.9. The van der Waals surface area contributed by atoms with E-state index in [-0.39, 0.29) is 6.29 Å². The van der Waals surface area contributed by atoms with Crippen LogP contribution in [-0.4, -0.2) is 500 Å². The van der Waals surface area contributed by atoms with Crippen molar-refractivity contribution < 1.29 is 232 Å². The predicted molar refractivity (Wildman–Crippen MR) is 368 cm³/mol. The summed E-state index contributed by atoms with van der Waals surface area (Å²) >= 11 is 0. The van der Waals surface area contributed by atoms with Crippen molar-refractivity contribution in [3.05, 3.63) is 0 Å². The molecule has 9 saturated heterocycles. The highest BCUT2D eigenvalue weighted by Crippen LogP contribution is 2.40. The Labute approximate surface area is 673 Å². The molecule has 0 saturated carbocycles. The second-order valence-corrected chi connectivity index (χ2v) is 29.8. The number of hydrogen-bond acceptors (Lipinski definition) is 48. The minimum absolute atomic E-state index is 0.258. The molecule has 9 aliphatic heterocycles. The standard InChI is InChI=1S/C66H110N6O47/c1-16(82)68-31-40(92)51(25(11-78)104-58(31)72-20(6-73)5-30(67)86)113-59-32(69-17(2)83)41(93)54(28(14-81)109-59)116-64-50(102)55(117-66-57(47(99)38(90)24(10-77)108-66)119-61-34(71-19(4)85)43(95)53(27(13-80)111-61)115-63-49(101)45(97)36(88)22(8-75)106-63)39(91)29(112-64)15-103-65-56(46(98)37(89)23(9-76)107-65)118-60-33(70-18(3)84)42(94)52(26(12-79)110-60)114-62-48(100)44(96)35(87)21(7-74)105-62/h6,20-29,31-66,72,74-81,87-102H,5,7-15H2,1-4H3,(H2,67,86)(H,68,82)(H,69,83)(H,70,84)(H,71,85)/t20-,21?,22?,23?,24?,25?,26?,27?,28?,29?,31?,32?,33?,34?,35-,36-,37+,38+,39+,40?,41?,42?,43?,44?,45?,46?,47?,48?,49?,50?,51+,52+,53+,54+,55?,56?,57?,58+,59-,60-,61-,62-,63?,64-,65-,66+/m0/s1. The zero-order chi connectivity index (χ0) is 87.8. The van der Waals surface area contributed by atoms with E-state index in [0.717, 1.165) is 27.7 Å². The summed E-state index contributed by atoms with van der Waals surface area (Å²) in [4.78, 5) is 75.5. The van der Waals surface area contributed by atoms with Gasteiger partial charge < -0.3 is 235 Å². The third kappa shape index (κ3) is 22.4. The summed E-state index contributed by atoms with van der Waals surface area (Å²) in [5.41, 5.74) is 5.30. The van der Waals surface area contributed by atoms with Crippen LogP contribution in [0.25, 0.3) is 0 Å². The first-order chi connectivity index (χ1) is 56.3. The number of aliphatic hydroxyl groups is 24. The lowest BCUT2D eigenvalue weighted by Gasteiger charge is -2.51. The second kappa shape index (κ2) is 43.5. The van der Waals surface area contributed by atoms with Gasteiger partial charge in [-0.2, -0.15) is 0 Å². The third-order valence-electron chi connectivity index (χ3n) is 21.4. The molecule has 0 aromatic carbocycles. The van der Waals surface area contributed by atoms with Crippen molar-refractivity contribution in [3.63, 3.8) is 0 Å². The van der Waals surface area contributed by atoms with E-state index in [1.54, 1.807) is 0 Å². The third-order valence-corrected chi connectivity index (χ3v) is 21.4. The van der Waals surface area contributed by atoms with Gasteiger partial charge >= 0.3 is 0 Å². The minimum Gasteiger partial charge on any atom is -0.394 e. The van der Waals surface area contributed by atoms with Crippen LogP contribution in [0.4, 0.5) is 0 Å². The first-order valence-electron chi connectivity index (χ1n) is 37.8. The Balaban J connectivity index is 1.06. The zero-order valence-electron chi connectivity index (χ0n) is 63.9. The Morgan fingerprint density at radius 1 is 0.303 bits per heavy atom. The van der Waals surface area contributed by atoms with Crippen LogP contribution in [0.2, 0.25) is 0 Å². The Kier molecular flexibility index (Phi) is 35.9. The summed E-state index contributed by atoms with van der Waals surface area (Å²) in [5.74, 6) is -4.68. The molecule has 31 N–H and O–H groups in total. The maximum atomic E-state index is 13.2. The summed E-state index contributed by atoms with van der Waals surface area (Å²) in [6.07, 6.45) is -86.2. The van der Waals surface area contributed by atoms with Crippen LogP contribution >= 0.6 is 0 Å². The maximum Gasteiger partial charge on any atom is 0.219 e. The van der Waals surface area contributed by atoms with Crippen molar-refractivity contribution in [1.29, 1.82) is 0 Å². The molecule has 53 nitrogen and oxygen atoms in total. The number of primary amides is 1. The fraction of sp³-hybridized carbons (Fsp3) is 0.909. The van der Waals surface area contributed by atoms with E-state index in [9.17, 15) is 151 Å². The molecular formula is C66H110N6O47. The molecule has 0 aromatic rings. The van der Waals surface area contributed by atoms with Crippen LogP contribution in [0.15, 0.2) is 0 Å². The SMILES string of the molecule is CC(=O)NC1C(O)[C@H](OC2OC(CO)[C@H](O)C(O)C2O)C(CO)O[C@H]1OC1C(O)[C@H](O)C(CO)O[C@@H]1OC1C(O)[C@H](O[C@@H]2C(CO)O[C@@H](O[C@@H]3C(CO)O[C@@H](N[C@H](C=O)CC(N)=O)C(NC(C)=O)C3O)C(NC(C)=O)C2O)OC(CO[C@H]2OC(CO)[C@@H](O)C(O)C2O[C@@H]2OC(CO)[C@@H](O[C@@H]3OC(CO)[C@H](O)C(O)C3O)C(O)C2NC(C)=O)[C@H]1O. The summed E-state index contributed by atoms with van der Waals surface area (Å²) in [6, 6.07) is -8.90. The number of carbonyl (C=O) groups excluding carboxylic acids is 6. The number of amides is 5. The quantitative estimate of drug-likeness (QED) is 0.0266. The maximum absolute atomic E-state index is 13.2. The highest BCUT2D eigenvalue weighted by atomic mass is 16.8. The highest BCUT2D eigenvalue weighted by Gasteiger charge is 2.61. The molecule has 9 aliphatic rings. The molecule has 119 heavy (non-hydrogen) atoms. The molecule has 9 rings (SSSR count). The van der Waals surface area contributed by atoms with Crippen molar-refractivity contribution in [2.75, 3.05) is 59.5 Å². The molecule has 53 heteroatoms. The first kappa shape index (κ1) is 98.1. The number of rotatable bonds is 34. The average molecular weight is 1740 g/mol. The molecule has 46 atom stereocenters. The van der Waals surface area contributed by atoms with Crippen molar-refractivity contribution in [2.24, 2.45) is 5.73 Å². The van der Waals surface area contributed by atoms with Crippen LogP contribution in [0.1, 0.15) is 34.1 Å². The predicted octanol–water partition coefficient (Wildman–Crippen LogP) is -21.0. The summed E-state index contributed by atoms with van der Waals surface area (Å²) in [7, 11) is 0. The fourth-order valence-electron chi connectivity index (χ4n) is 15.2. The zero-order valence-corrected chi connectivity index (χ0v) is 63.9. The summed E-state index contributed by atoms with van der Waals surface area (Å²) in [5, 5.41) is 280. The summed E-state index contributed by atoms with van der Waals surface area (Å²) in [6.45, 7) is -6.25. The van der Waals surface area contributed by atoms with E-state index in [1.165, 1.54) is 0 Å². The van der Waals surface area contributed by atoms with E-state index >= 15 is 0 Å². The largest absolute Gasteiger partial charge is 0.394 e. The fourth-order valence-corrected chi connectivity index (χ4v) is 15.2. The Morgan fingerprint density at radius 2 is 0.580 bits per heavy atom. The molecule has 0 spiro atoms. The van der Waals surface area contributed by atoms with Gasteiger partial charge in [-0.3, -0.25) is 29.3 Å². The van der Waals surface area contributed by atoms with Gasteiger partial charge in [0.2, 0.25) is 29.5 Å². The van der Waals surface area contributed by atoms with E-state index in [2.05, 4.69) is 26.6 Å². The number of nitrogens with one attached hydrogen (secondary N) is 5. The minimum atomic E-state index is -2.61. The molecule has 686 valence electrons. The number of hydrogen-bond donors (Lipinski definition) is 30. The number of aliphatic hydroxyl groups excluding tert-OH is 24. The molecule has 0 aromatic heterocycles. The monoisotopic (exact) mass is 1740 g/mol. The summed E-state index contributed by atoms with van der Waals surface area (Å²) < 4.78 is 102. The van der Waals surface area contributed by atoms with Crippen LogP contribution in [0.3, 0.4) is 0 Å². The van der Waals surface area contributed by atoms with Crippen LogP contribution in [0.5, 0.6) is 0 Å². The Hall–Kier alpha value is -4.66. The molecule has 9 fully saturated rings. The van der Waals surface area contributed by atoms with Gasteiger partial charge in [0.25, 0.3) is 0 Å². The molecular weight excluding hydrogens is 1630 g/mol. The van der Waals surface area contributed by atoms with Gasteiger partial charge in [-0.05, 0) is 0 Å². The van der Waals surface area contributed by atoms with Crippen LogP contribution in [0, 0.1) is 0 Å². The lowest BCUT2D eigenvalue weighted by atomic mass is 9.93. The van der Waals surface area contributed by atoms with E-state index < -0.39 is 378 Å². The van der Waals surface area contributed by atoms with Gasteiger partial charge in [0, 0.05) is 34.1 Å². The van der Waals surface area contributed by atoms with Gasteiger partial charge in [-0.25, -0.2) is 0 Å². The van der Waals surface area contributed by atoms with Gasteiger partial charge in [0.05, 0.1) is 71.5 Å². The van der Waals surface area contributed by atoms with Crippen molar-refractivity contribution in [3.8, 4) is 0 Å². The van der Waals surface area contributed by atoms with E-state index in [1.807, 2.05) is 0 Å². The van der Waals surface area contributed by atoms with E-state index in [0.29, 0.717) is 0 Å². The lowest BCUT2D eigenvalue weighted by Crippen LogP contribution is -2.72. The Morgan fingerprint density at radius 3 is 0.933 bits per heavy atom. The number of aldehydes is 1. The molecule has 5 amide bonds.